The second kappa shape index (κ2) is 19.2. The van der Waals surface area contributed by atoms with Crippen LogP contribution in [0, 0.1) is 5.41 Å². The van der Waals surface area contributed by atoms with Gasteiger partial charge in [-0.2, -0.15) is 4.31 Å². The van der Waals surface area contributed by atoms with Gasteiger partial charge >= 0.3 is 29.4 Å². The fourth-order valence-electron chi connectivity index (χ4n) is 4.90. The number of imidazole rings is 1. The van der Waals surface area contributed by atoms with Gasteiger partial charge in [0.1, 0.15) is 36.3 Å². The minimum Gasteiger partial charge on any atom is -0.481 e. The van der Waals surface area contributed by atoms with Crippen molar-refractivity contribution in [2.24, 2.45) is 5.41 Å². The molecule has 3 rings (SSSR count). The summed E-state index contributed by atoms with van der Waals surface area (Å²) in [4.78, 5) is 97.9. The molecule has 2 amide bonds. The van der Waals surface area contributed by atoms with E-state index in [0.717, 1.165) is 23.3 Å². The molecular formula is C27H42N7O19P3. The number of aromatic nitrogens is 4. The first kappa shape index (κ1) is 46.8. The van der Waals surface area contributed by atoms with E-state index in [1.165, 1.54) is 20.8 Å². The van der Waals surface area contributed by atoms with Gasteiger partial charge in [-0.3, -0.25) is 37.3 Å². The smallest absolute Gasteiger partial charge is 0.481 e. The van der Waals surface area contributed by atoms with Gasteiger partial charge in [-0.1, -0.05) is 19.4 Å². The number of hydrogen-bond acceptors (Lipinski definition) is 18. The van der Waals surface area contributed by atoms with E-state index in [4.69, 9.17) is 24.6 Å². The molecule has 0 aliphatic carbocycles. The van der Waals surface area contributed by atoms with Gasteiger partial charge in [0, 0.05) is 31.3 Å². The molecule has 3 heterocycles. The summed E-state index contributed by atoms with van der Waals surface area (Å²) in [5.41, 5.74) is 4.52. The van der Waals surface area contributed by atoms with Crippen LogP contribution < -0.4 is 16.4 Å². The maximum Gasteiger partial charge on any atom is 0.481 e. The molecule has 56 heavy (non-hydrogen) atoms. The Labute approximate surface area is 316 Å². The highest BCUT2D eigenvalue weighted by molar-refractivity contribution is 7.61. The minimum atomic E-state index is -5.59. The number of aliphatic hydroxyl groups excluding tert-OH is 2. The Bertz CT molecular complexity index is 1940. The molecule has 7 atom stereocenters. The average Bonchev–Trinajstić information content (AvgIpc) is 3.62. The van der Waals surface area contributed by atoms with Gasteiger partial charge in [-0.15, -0.1) is 0 Å². The topological polar surface area (TPSA) is 401 Å². The third kappa shape index (κ3) is 14.1. The van der Waals surface area contributed by atoms with E-state index in [2.05, 4.69) is 34.4 Å². The summed E-state index contributed by atoms with van der Waals surface area (Å²) >= 11 is 0. The van der Waals surface area contributed by atoms with Gasteiger partial charge in [-0.25, -0.2) is 28.6 Å². The molecule has 2 aromatic rings. The van der Waals surface area contributed by atoms with Crippen molar-refractivity contribution in [2.45, 2.75) is 70.7 Å². The van der Waals surface area contributed by atoms with Gasteiger partial charge in [-0.05, 0) is 13.0 Å². The predicted molar refractivity (Wildman–Crippen MR) is 185 cm³/mol. The van der Waals surface area contributed by atoms with Gasteiger partial charge in [0.05, 0.1) is 26.0 Å². The average molecular weight is 862 g/mol. The molecule has 29 heteroatoms. The van der Waals surface area contributed by atoms with Crippen LogP contribution in [-0.2, 0) is 55.5 Å². The number of aliphatic hydroxyl groups is 2. The zero-order valence-corrected chi connectivity index (χ0v) is 32.5. The summed E-state index contributed by atoms with van der Waals surface area (Å²) < 4.78 is 61.9. The number of carboxylic acids is 1. The van der Waals surface area contributed by atoms with E-state index in [9.17, 15) is 62.7 Å². The van der Waals surface area contributed by atoms with E-state index in [1.807, 2.05) is 0 Å². The lowest BCUT2D eigenvalue weighted by atomic mass is 9.87. The van der Waals surface area contributed by atoms with Crippen molar-refractivity contribution in [3.63, 3.8) is 0 Å². The molecule has 1 aliphatic rings. The number of nitrogens with one attached hydrogen (secondary N) is 2. The summed E-state index contributed by atoms with van der Waals surface area (Å²) in [5.74, 6) is -3.16. The number of anilines is 1. The second-order valence-corrected chi connectivity index (χ2v) is 17.1. The first-order valence-electron chi connectivity index (χ1n) is 16.1. The van der Waals surface area contributed by atoms with Crippen LogP contribution in [0.15, 0.2) is 24.3 Å². The van der Waals surface area contributed by atoms with Crippen molar-refractivity contribution >= 4 is 64.0 Å². The van der Waals surface area contributed by atoms with Gasteiger partial charge in [0.25, 0.3) is 0 Å². The maximum absolute atomic E-state index is 12.7. The number of ketones is 1. The zero-order valence-electron chi connectivity index (χ0n) is 29.8. The fourth-order valence-corrected chi connectivity index (χ4v) is 7.73. The van der Waals surface area contributed by atoms with E-state index < -0.39 is 96.3 Å². The molecule has 11 N–H and O–H groups in total. The summed E-state index contributed by atoms with van der Waals surface area (Å²) in [6.07, 6.45) is -6.41. The van der Waals surface area contributed by atoms with Crippen molar-refractivity contribution in [3.05, 3.63) is 24.3 Å². The third-order valence-electron chi connectivity index (χ3n) is 7.61. The Balaban J connectivity index is 1.50. The number of aliphatic carboxylic acids is 1. The summed E-state index contributed by atoms with van der Waals surface area (Å²) in [7, 11) is -16.5. The van der Waals surface area contributed by atoms with Crippen molar-refractivity contribution in [1.82, 2.24) is 30.2 Å². The molecule has 0 saturated carbocycles. The predicted octanol–water partition coefficient (Wildman–Crippen LogP) is -1.21. The van der Waals surface area contributed by atoms with Crippen LogP contribution >= 0.6 is 23.5 Å². The molecule has 26 nitrogen and oxygen atoms in total. The fraction of sp³-hybridized carbons (Fsp3) is 0.593. The number of nitrogens with two attached hydrogens (primary N) is 1. The number of ether oxygens (including phenoxy) is 1. The van der Waals surface area contributed by atoms with Gasteiger partial charge in [0.15, 0.2) is 23.5 Å². The highest BCUT2D eigenvalue weighted by Gasteiger charge is 2.50. The second-order valence-electron chi connectivity index (χ2n) is 12.8. The van der Waals surface area contributed by atoms with Crippen LogP contribution in [0.1, 0.15) is 46.3 Å². The number of fused-ring (bicyclic) bond motifs is 1. The zero-order chi connectivity index (χ0) is 42.2. The molecule has 2 aromatic heterocycles. The molecule has 0 aromatic carbocycles. The largest absolute Gasteiger partial charge is 0.481 e. The van der Waals surface area contributed by atoms with Gasteiger partial charge < -0.3 is 56.0 Å². The molecule has 7 unspecified atom stereocenters. The first-order chi connectivity index (χ1) is 25.8. The highest BCUT2D eigenvalue weighted by atomic mass is 31.3. The summed E-state index contributed by atoms with van der Waals surface area (Å²) in [5, 5.41) is 34.8. The third-order valence-corrected chi connectivity index (χ3v) is 10.7. The molecule has 314 valence electrons. The Morgan fingerprint density at radius 3 is 2.32 bits per heavy atom. The van der Waals surface area contributed by atoms with E-state index in [-0.39, 0.29) is 49.3 Å². The number of carbonyl (C=O) groups excluding carboxylic acids is 3. The number of phosphoric acid groups is 3. The minimum absolute atomic E-state index is 0.0179. The number of carbonyl (C=O) groups is 4. The molecule has 0 bridgehead atoms. The van der Waals surface area contributed by atoms with Gasteiger partial charge in [0.2, 0.25) is 11.8 Å². The lowest BCUT2D eigenvalue weighted by Crippen LogP contribution is -2.46. The summed E-state index contributed by atoms with van der Waals surface area (Å²) in [6.45, 7) is 1.49. The lowest BCUT2D eigenvalue weighted by molar-refractivity contribution is -0.137. The number of carboxylic acid groups (broad SMARTS) is 1. The highest BCUT2D eigenvalue weighted by Crippen LogP contribution is 2.61. The molecular weight excluding hydrogens is 819 g/mol. The van der Waals surface area contributed by atoms with Crippen LogP contribution in [0.25, 0.3) is 11.2 Å². The number of allylic oxidation sites excluding steroid dienone is 1. The standard InChI is InChI=1S/C27H42N7O19P3/c1-14(9-18(37)38)8-15(35)4-6-29-17(36)5-7-30-25(41)22(40)27(2,3)11-50-56(47,48)53-55(45,46)49-10-16-21(52-54(42,43)44)20(39)26(51-16)34-13-33-19-23(28)31-12-32-24(19)34/h8,12-13,16,20-22,26,39-40H,4-7,9-11H2,1-3H3,(H,29,36)(H,30,41)(H,37,38)(H,45,46)(H,47,48)(H2,28,31,32)(H2,42,43,44)/b14-8+. The van der Waals surface area contributed by atoms with Crippen LogP contribution in [0.3, 0.4) is 0 Å². The van der Waals surface area contributed by atoms with Crippen molar-refractivity contribution < 1.29 is 90.4 Å². The number of nitrogen functional groups attached to an aromatic ring is 1. The van der Waals surface area contributed by atoms with Crippen LogP contribution in [0.2, 0.25) is 0 Å². The number of hydrogen-bond donors (Lipinski definition) is 10. The van der Waals surface area contributed by atoms with Crippen molar-refractivity contribution in [3.8, 4) is 0 Å². The number of amides is 2. The Hall–Kier alpha value is -3.58. The Morgan fingerprint density at radius 2 is 1.68 bits per heavy atom. The van der Waals surface area contributed by atoms with E-state index in [1.54, 1.807) is 0 Å². The number of nitrogens with zero attached hydrogens (tertiary/aromatic N) is 4. The van der Waals surface area contributed by atoms with Crippen molar-refractivity contribution in [2.75, 3.05) is 32.0 Å². The number of rotatable bonds is 22. The SMILES string of the molecule is C/C(=C\C(=O)CCNC(=O)CCNC(=O)C(O)C(C)(C)COP(=O)(O)OP(=O)(O)OCC1OC(n2cnc3c(N)ncnc32)C(O)C1OP(=O)(O)O)CC(=O)O. The van der Waals surface area contributed by atoms with Crippen LogP contribution in [0.5, 0.6) is 0 Å². The number of phosphoric ester groups is 3. The molecule has 0 spiro atoms. The molecule has 0 radical (unpaired) electrons. The van der Waals surface area contributed by atoms with Crippen LogP contribution in [-0.4, -0.2) is 129 Å². The monoisotopic (exact) mass is 861 g/mol. The quantitative estimate of drug-likeness (QED) is 0.0490. The van der Waals surface area contributed by atoms with E-state index >= 15 is 0 Å². The molecule has 1 fully saturated rings. The normalized spacial score (nSPS) is 21.9. The Kier molecular flexibility index (Phi) is 16.1. The van der Waals surface area contributed by atoms with Crippen LogP contribution in [0.4, 0.5) is 5.82 Å². The molecule has 1 saturated heterocycles. The van der Waals surface area contributed by atoms with Crippen molar-refractivity contribution in [1.29, 1.82) is 0 Å². The lowest BCUT2D eigenvalue weighted by Gasteiger charge is -2.30. The van der Waals surface area contributed by atoms with E-state index in [0.29, 0.717) is 5.57 Å². The summed E-state index contributed by atoms with van der Waals surface area (Å²) in [6, 6.07) is 0. The molecule has 1 aliphatic heterocycles. The maximum atomic E-state index is 12.7. The first-order valence-corrected chi connectivity index (χ1v) is 20.6. The Morgan fingerprint density at radius 1 is 1.04 bits per heavy atom.